The quantitative estimate of drug-likeness (QED) is 0.513. The number of hydrogen-bond donors (Lipinski definition) is 1. The van der Waals surface area contributed by atoms with E-state index in [0.29, 0.717) is 51.7 Å². The maximum atomic E-state index is 13.0. The van der Waals surface area contributed by atoms with Crippen molar-refractivity contribution in [3.05, 3.63) is 82.3 Å². The summed E-state index contributed by atoms with van der Waals surface area (Å²) in [6, 6.07) is 12.0. The number of benzene rings is 1. The number of nitrogens with one attached hydrogen (secondary N) is 1. The highest BCUT2D eigenvalue weighted by Crippen LogP contribution is 2.26. The van der Waals surface area contributed by atoms with Crippen LogP contribution in [0.2, 0.25) is 0 Å². The summed E-state index contributed by atoms with van der Waals surface area (Å²) in [5, 5.41) is 3.18. The van der Waals surface area contributed by atoms with Gasteiger partial charge in [0.2, 0.25) is 0 Å². The number of pyridine rings is 2. The van der Waals surface area contributed by atoms with Crippen LogP contribution in [-0.2, 0) is 6.54 Å². The van der Waals surface area contributed by atoms with Gasteiger partial charge in [-0.3, -0.25) is 14.6 Å². The molecule has 8 nitrogen and oxygen atoms in total. The van der Waals surface area contributed by atoms with Gasteiger partial charge in [-0.1, -0.05) is 0 Å². The first-order chi connectivity index (χ1) is 15.0. The Morgan fingerprint density at radius 1 is 1.13 bits per heavy atom. The molecule has 4 aromatic rings. The molecule has 4 rings (SSSR count). The van der Waals surface area contributed by atoms with Crippen molar-refractivity contribution in [1.82, 2.24) is 9.55 Å². The molecule has 3 heterocycles. The van der Waals surface area contributed by atoms with Crippen LogP contribution in [0.1, 0.15) is 21.8 Å². The summed E-state index contributed by atoms with van der Waals surface area (Å²) in [6.07, 6.45) is 3.23. The van der Waals surface area contributed by atoms with E-state index in [9.17, 15) is 9.59 Å². The first-order valence-corrected chi connectivity index (χ1v) is 9.56. The number of anilines is 1. The molecule has 0 spiro atoms. The molecule has 0 radical (unpaired) electrons. The van der Waals surface area contributed by atoms with Crippen molar-refractivity contribution < 1.29 is 18.7 Å². The number of aromatic nitrogens is 2. The minimum absolute atomic E-state index is 0.251. The lowest BCUT2D eigenvalue weighted by atomic mass is 10.1. The fourth-order valence-corrected chi connectivity index (χ4v) is 3.31. The van der Waals surface area contributed by atoms with E-state index in [0.717, 1.165) is 0 Å². The summed E-state index contributed by atoms with van der Waals surface area (Å²) < 4.78 is 17.3. The van der Waals surface area contributed by atoms with E-state index in [4.69, 9.17) is 13.9 Å². The van der Waals surface area contributed by atoms with Crippen LogP contribution in [0.3, 0.4) is 0 Å². The van der Waals surface area contributed by atoms with Crippen LogP contribution in [-0.4, -0.2) is 29.7 Å². The molecule has 3 aromatic heterocycles. The molecule has 0 saturated heterocycles. The number of ether oxygens (including phenoxy) is 2. The SMILES string of the molecule is COc1cc(NC(=O)c2cc3c(=O)n(Cc4ccco4)ccc3nc2C)cc(OC)c1. The van der Waals surface area contributed by atoms with Crippen LogP contribution in [0.25, 0.3) is 10.9 Å². The molecule has 0 atom stereocenters. The smallest absolute Gasteiger partial charge is 0.260 e. The van der Waals surface area contributed by atoms with Gasteiger partial charge >= 0.3 is 0 Å². The Kier molecular flexibility index (Phi) is 5.44. The number of furan rings is 1. The monoisotopic (exact) mass is 419 g/mol. The second kappa shape index (κ2) is 8.35. The molecule has 0 aliphatic carbocycles. The van der Waals surface area contributed by atoms with E-state index in [1.54, 1.807) is 61.8 Å². The number of carbonyl (C=O) groups is 1. The van der Waals surface area contributed by atoms with Crippen LogP contribution >= 0.6 is 0 Å². The third kappa shape index (κ3) is 4.13. The maximum absolute atomic E-state index is 13.0. The second-order valence-electron chi connectivity index (χ2n) is 6.94. The van der Waals surface area contributed by atoms with Gasteiger partial charge in [-0.05, 0) is 31.2 Å². The van der Waals surface area contributed by atoms with E-state index >= 15 is 0 Å². The summed E-state index contributed by atoms with van der Waals surface area (Å²) in [5.74, 6) is 1.36. The van der Waals surface area contributed by atoms with Gasteiger partial charge in [0.25, 0.3) is 11.5 Å². The number of hydrogen-bond acceptors (Lipinski definition) is 6. The van der Waals surface area contributed by atoms with Crippen molar-refractivity contribution in [2.45, 2.75) is 13.5 Å². The summed E-state index contributed by atoms with van der Waals surface area (Å²) in [5.41, 5.74) is 1.60. The summed E-state index contributed by atoms with van der Waals surface area (Å²) >= 11 is 0. The Balaban J connectivity index is 1.70. The normalized spacial score (nSPS) is 10.8. The van der Waals surface area contributed by atoms with Crippen molar-refractivity contribution in [3.8, 4) is 11.5 Å². The standard InChI is InChI=1S/C23H21N3O5/c1-14-19(22(27)25-15-9-17(29-2)11-18(10-15)30-3)12-20-21(24-14)6-7-26(23(20)28)13-16-5-4-8-31-16/h4-12H,13H2,1-3H3,(H,25,27). The highest BCUT2D eigenvalue weighted by molar-refractivity contribution is 6.06. The van der Waals surface area contributed by atoms with Gasteiger partial charge in [0, 0.05) is 30.1 Å². The van der Waals surface area contributed by atoms with Crippen molar-refractivity contribution in [3.63, 3.8) is 0 Å². The predicted molar refractivity (Wildman–Crippen MR) is 116 cm³/mol. The zero-order valence-corrected chi connectivity index (χ0v) is 17.3. The van der Waals surface area contributed by atoms with Gasteiger partial charge in [-0.2, -0.15) is 0 Å². The molecule has 0 aliphatic heterocycles. The minimum Gasteiger partial charge on any atom is -0.497 e. The van der Waals surface area contributed by atoms with Crippen LogP contribution < -0.4 is 20.3 Å². The van der Waals surface area contributed by atoms with Gasteiger partial charge in [0.15, 0.2) is 0 Å². The van der Waals surface area contributed by atoms with Crippen LogP contribution in [0.5, 0.6) is 11.5 Å². The lowest BCUT2D eigenvalue weighted by Crippen LogP contribution is -2.21. The molecule has 0 bridgehead atoms. The molecule has 1 aromatic carbocycles. The lowest BCUT2D eigenvalue weighted by molar-refractivity contribution is 0.102. The van der Waals surface area contributed by atoms with E-state index in [-0.39, 0.29) is 11.5 Å². The maximum Gasteiger partial charge on any atom is 0.260 e. The zero-order valence-electron chi connectivity index (χ0n) is 17.3. The summed E-state index contributed by atoms with van der Waals surface area (Å²) in [7, 11) is 3.07. The molecule has 0 fully saturated rings. The van der Waals surface area contributed by atoms with E-state index in [2.05, 4.69) is 10.3 Å². The largest absolute Gasteiger partial charge is 0.497 e. The molecule has 0 unspecified atom stereocenters. The molecule has 8 heteroatoms. The fraction of sp³-hybridized carbons (Fsp3) is 0.174. The van der Waals surface area contributed by atoms with Crippen molar-refractivity contribution in [1.29, 1.82) is 0 Å². The highest BCUT2D eigenvalue weighted by atomic mass is 16.5. The Morgan fingerprint density at radius 3 is 2.52 bits per heavy atom. The predicted octanol–water partition coefficient (Wildman–Crippen LogP) is 3.62. The molecule has 31 heavy (non-hydrogen) atoms. The van der Waals surface area contributed by atoms with Crippen LogP contribution in [0.4, 0.5) is 5.69 Å². The Bertz CT molecular complexity index is 1290. The van der Waals surface area contributed by atoms with Crippen molar-refractivity contribution in [2.24, 2.45) is 0 Å². The van der Waals surface area contributed by atoms with E-state index in [1.165, 1.54) is 18.8 Å². The first kappa shape index (κ1) is 20.2. The number of methoxy groups -OCH3 is 2. The van der Waals surface area contributed by atoms with E-state index < -0.39 is 0 Å². The van der Waals surface area contributed by atoms with E-state index in [1.807, 2.05) is 0 Å². The number of nitrogens with zero attached hydrogens (tertiary/aromatic N) is 2. The van der Waals surface area contributed by atoms with Crippen LogP contribution in [0.15, 0.2) is 64.1 Å². The average molecular weight is 419 g/mol. The second-order valence-corrected chi connectivity index (χ2v) is 6.94. The minimum atomic E-state index is -0.386. The van der Waals surface area contributed by atoms with Crippen molar-refractivity contribution in [2.75, 3.05) is 19.5 Å². The summed E-state index contributed by atoms with van der Waals surface area (Å²) in [6.45, 7) is 2.02. The van der Waals surface area contributed by atoms with Gasteiger partial charge in [-0.15, -0.1) is 0 Å². The lowest BCUT2D eigenvalue weighted by Gasteiger charge is -2.12. The molecule has 0 aliphatic rings. The Hall–Kier alpha value is -4.07. The van der Waals surface area contributed by atoms with Gasteiger partial charge in [0.05, 0.1) is 49.2 Å². The van der Waals surface area contributed by atoms with Gasteiger partial charge in [-0.25, -0.2) is 0 Å². The van der Waals surface area contributed by atoms with Gasteiger partial charge < -0.3 is 23.8 Å². The summed E-state index contributed by atoms with van der Waals surface area (Å²) in [4.78, 5) is 30.4. The van der Waals surface area contributed by atoms with Gasteiger partial charge in [0.1, 0.15) is 17.3 Å². The molecule has 0 saturated carbocycles. The molecular weight excluding hydrogens is 398 g/mol. The Morgan fingerprint density at radius 2 is 1.87 bits per heavy atom. The zero-order chi connectivity index (χ0) is 22.0. The van der Waals surface area contributed by atoms with Crippen molar-refractivity contribution >= 4 is 22.5 Å². The molecule has 158 valence electrons. The number of fused-ring (bicyclic) bond motifs is 1. The first-order valence-electron chi connectivity index (χ1n) is 9.56. The third-order valence-electron chi connectivity index (χ3n) is 4.91. The number of aryl methyl sites for hydroxylation is 1. The number of amides is 1. The molecular formula is C23H21N3O5. The molecule has 1 amide bonds. The third-order valence-corrected chi connectivity index (χ3v) is 4.91. The fourth-order valence-electron chi connectivity index (χ4n) is 3.31. The topological polar surface area (TPSA) is 95.6 Å². The highest BCUT2D eigenvalue weighted by Gasteiger charge is 2.15. The molecule has 1 N–H and O–H groups in total. The number of carbonyl (C=O) groups excluding carboxylic acids is 1. The number of rotatable bonds is 6. The average Bonchev–Trinajstić information content (AvgIpc) is 3.28. The Labute approximate surface area is 178 Å². The van der Waals surface area contributed by atoms with Crippen LogP contribution in [0, 0.1) is 6.92 Å².